The monoisotopic (exact) mass is 518 g/mol. The molecule has 8 atom stereocenters. The van der Waals surface area contributed by atoms with Gasteiger partial charge in [-0.2, -0.15) is 0 Å². The van der Waals surface area contributed by atoms with Crippen molar-refractivity contribution in [3.05, 3.63) is 11.6 Å². The third kappa shape index (κ3) is 3.83. The number of alkyl halides is 2. The molecule has 0 aromatic rings. The lowest BCUT2D eigenvalue weighted by Gasteiger charge is -2.60. The summed E-state index contributed by atoms with van der Waals surface area (Å²) in [5.41, 5.74) is 1.45. The van der Waals surface area contributed by atoms with E-state index >= 15 is 0 Å². The summed E-state index contributed by atoms with van der Waals surface area (Å²) in [5, 5.41) is 13.5. The summed E-state index contributed by atoms with van der Waals surface area (Å²) in [7, 11) is -3.18. The highest BCUT2D eigenvalue weighted by atomic mass is 35.5. The summed E-state index contributed by atoms with van der Waals surface area (Å²) < 4.78 is 22.7. The van der Waals surface area contributed by atoms with Crippen LogP contribution in [0, 0.1) is 28.6 Å². The summed E-state index contributed by atoms with van der Waals surface area (Å²) in [6.07, 6.45) is 11.8. The maximum atomic E-state index is 14.1. The molecule has 2 N–H and O–H groups in total. The zero-order valence-corrected chi connectivity index (χ0v) is 22.6. The zero-order chi connectivity index (χ0) is 23.5. The molecule has 5 aliphatic rings. The molecule has 1 aliphatic heterocycles. The molecule has 33 heavy (non-hydrogen) atoms. The van der Waals surface area contributed by atoms with Gasteiger partial charge in [-0.1, -0.05) is 25.5 Å². The van der Waals surface area contributed by atoms with Gasteiger partial charge in [-0.3, -0.25) is 9.09 Å². The van der Waals surface area contributed by atoms with E-state index < -0.39 is 7.67 Å². The predicted octanol–water partition coefficient (Wildman–Crippen LogP) is 5.95. The van der Waals surface area contributed by atoms with E-state index in [-0.39, 0.29) is 22.5 Å². The molecule has 1 spiro atoms. The molecule has 0 amide bonds. The van der Waals surface area contributed by atoms with Crippen molar-refractivity contribution >= 4 is 30.9 Å². The van der Waals surface area contributed by atoms with E-state index in [1.54, 1.807) is 0 Å². The Hall–Kier alpha value is 0.390. The van der Waals surface area contributed by atoms with E-state index in [2.05, 4.69) is 25.0 Å². The molecule has 5 nitrogen and oxygen atoms in total. The van der Waals surface area contributed by atoms with Crippen molar-refractivity contribution < 1.29 is 14.2 Å². The lowest BCUT2D eigenvalue weighted by Crippen LogP contribution is -2.58. The molecule has 3 saturated carbocycles. The van der Waals surface area contributed by atoms with Crippen LogP contribution < -0.4 is 5.09 Å². The smallest absolute Gasteiger partial charge is 0.344 e. The average Bonchev–Trinajstić information content (AvgIpc) is 3.05. The van der Waals surface area contributed by atoms with Crippen LogP contribution in [0.15, 0.2) is 11.6 Å². The van der Waals surface area contributed by atoms with Crippen LogP contribution in [-0.2, 0) is 9.09 Å². The van der Waals surface area contributed by atoms with Crippen LogP contribution in [0.1, 0.15) is 71.6 Å². The molecular formula is C25H41Cl2N2O3P. The second kappa shape index (κ2) is 9.05. The van der Waals surface area contributed by atoms with Gasteiger partial charge in [0, 0.05) is 36.8 Å². The number of hydrogen-bond acceptors (Lipinski definition) is 3. The van der Waals surface area contributed by atoms with Gasteiger partial charge in [0.1, 0.15) is 0 Å². The van der Waals surface area contributed by atoms with Gasteiger partial charge in [-0.25, -0.2) is 9.76 Å². The molecule has 4 fully saturated rings. The highest BCUT2D eigenvalue weighted by Gasteiger charge is 2.66. The molecule has 0 aromatic carbocycles. The summed E-state index contributed by atoms with van der Waals surface area (Å²) >= 11 is 12.1. The number of fused-ring (bicyclic) bond motifs is 6. The Morgan fingerprint density at radius 3 is 2.58 bits per heavy atom. The van der Waals surface area contributed by atoms with E-state index in [4.69, 9.17) is 27.7 Å². The van der Waals surface area contributed by atoms with Gasteiger partial charge >= 0.3 is 7.67 Å². The van der Waals surface area contributed by atoms with Crippen LogP contribution >= 0.6 is 30.9 Å². The molecule has 0 radical (unpaired) electrons. The quantitative estimate of drug-likeness (QED) is 0.267. The molecule has 0 aromatic heterocycles. The first kappa shape index (κ1) is 25.1. The number of nitrogens with zero attached hydrogens (tertiary/aromatic N) is 1. The molecular weight excluding hydrogens is 478 g/mol. The third-order valence-corrected chi connectivity index (χ3v) is 13.3. The van der Waals surface area contributed by atoms with Crippen molar-refractivity contribution in [1.82, 2.24) is 9.76 Å². The zero-order valence-electron chi connectivity index (χ0n) is 20.2. The summed E-state index contributed by atoms with van der Waals surface area (Å²) in [6.45, 7) is 6.65. The Labute approximate surface area is 209 Å². The van der Waals surface area contributed by atoms with Crippen LogP contribution in [0.5, 0.6) is 0 Å². The van der Waals surface area contributed by atoms with Crippen molar-refractivity contribution in [3.63, 3.8) is 0 Å². The van der Waals surface area contributed by atoms with Gasteiger partial charge < -0.3 is 5.11 Å². The van der Waals surface area contributed by atoms with Crippen LogP contribution in [0.2, 0.25) is 0 Å². The van der Waals surface area contributed by atoms with E-state index in [9.17, 15) is 9.67 Å². The lowest BCUT2D eigenvalue weighted by molar-refractivity contribution is -0.121. The van der Waals surface area contributed by atoms with E-state index in [0.29, 0.717) is 49.1 Å². The highest BCUT2D eigenvalue weighted by Crippen LogP contribution is 2.71. The summed E-state index contributed by atoms with van der Waals surface area (Å²) in [6, 6.07) is 0. The first-order valence-corrected chi connectivity index (χ1v) is 15.7. The number of aliphatic hydroxyl groups excluding tert-OH is 1. The fraction of sp³-hybridized carbons (Fsp3) is 0.920. The first-order valence-electron chi connectivity index (χ1n) is 13.0. The van der Waals surface area contributed by atoms with Crippen molar-refractivity contribution in [2.24, 2.45) is 28.6 Å². The van der Waals surface area contributed by atoms with Crippen LogP contribution in [0.25, 0.3) is 0 Å². The number of rotatable bonds is 5. The number of nitrogens with one attached hydrogen (secondary N) is 1. The number of aliphatic hydroxyl groups is 1. The van der Waals surface area contributed by atoms with Crippen LogP contribution in [-0.4, -0.2) is 52.9 Å². The Kier molecular flexibility index (Phi) is 6.87. The Balaban J connectivity index is 1.43. The maximum Gasteiger partial charge on any atom is 0.344 e. The number of allylic oxidation sites excluding steroid dienone is 1. The minimum atomic E-state index is -3.18. The van der Waals surface area contributed by atoms with Crippen molar-refractivity contribution in [1.29, 1.82) is 0 Å². The molecule has 8 heteroatoms. The van der Waals surface area contributed by atoms with Gasteiger partial charge in [0.15, 0.2) is 0 Å². The lowest BCUT2D eigenvalue weighted by atomic mass is 9.47. The minimum absolute atomic E-state index is 0.0371. The Morgan fingerprint density at radius 2 is 1.85 bits per heavy atom. The molecule has 188 valence electrons. The second-order valence-electron chi connectivity index (χ2n) is 11.7. The molecule has 1 heterocycles. The van der Waals surface area contributed by atoms with Crippen molar-refractivity contribution in [2.75, 3.05) is 31.4 Å². The van der Waals surface area contributed by atoms with Crippen LogP contribution in [0.3, 0.4) is 0 Å². The van der Waals surface area contributed by atoms with E-state index in [1.165, 1.54) is 12.0 Å². The fourth-order valence-electron chi connectivity index (χ4n) is 8.74. The normalized spacial score (nSPS) is 49.5. The number of halogens is 2. The van der Waals surface area contributed by atoms with Gasteiger partial charge in [0.05, 0.1) is 11.7 Å². The predicted molar refractivity (Wildman–Crippen MR) is 135 cm³/mol. The topological polar surface area (TPSA) is 61.8 Å². The Bertz CT molecular complexity index is 836. The highest BCUT2D eigenvalue weighted by molar-refractivity contribution is 7.54. The van der Waals surface area contributed by atoms with Crippen LogP contribution in [0.4, 0.5) is 0 Å². The van der Waals surface area contributed by atoms with Gasteiger partial charge in [-0.15, -0.1) is 23.2 Å². The molecule has 8 unspecified atom stereocenters. The van der Waals surface area contributed by atoms with Gasteiger partial charge in [0.25, 0.3) is 0 Å². The molecule has 0 bridgehead atoms. The Morgan fingerprint density at radius 1 is 1.12 bits per heavy atom. The molecule has 5 rings (SSSR count). The molecule has 4 aliphatic carbocycles. The molecule has 1 saturated heterocycles. The summed E-state index contributed by atoms with van der Waals surface area (Å²) in [4.78, 5) is 0. The van der Waals surface area contributed by atoms with Crippen molar-refractivity contribution in [2.45, 2.75) is 83.3 Å². The number of hydrogen-bond donors (Lipinski definition) is 2. The average molecular weight is 519 g/mol. The SMILES string of the molecule is CC12CCC(O)CC1=CCC1C2CCC2(C)C1CCC21CCNP(=O)(N(CCCl)CCCl)O1. The van der Waals surface area contributed by atoms with E-state index in [1.807, 2.05) is 4.67 Å². The third-order valence-electron chi connectivity index (χ3n) is 10.6. The maximum absolute atomic E-state index is 14.1. The van der Waals surface area contributed by atoms with Gasteiger partial charge in [-0.05, 0) is 81.0 Å². The van der Waals surface area contributed by atoms with E-state index in [0.717, 1.165) is 51.4 Å². The minimum Gasteiger partial charge on any atom is -0.393 e. The van der Waals surface area contributed by atoms with Crippen molar-refractivity contribution in [3.8, 4) is 0 Å². The fourth-order valence-corrected chi connectivity index (χ4v) is 11.7. The first-order chi connectivity index (χ1) is 15.7. The summed E-state index contributed by atoms with van der Waals surface area (Å²) in [5.74, 6) is 2.76. The standard InChI is InChI=1S/C25H41Cl2N2O3P/c1-23-8-5-19(30)17-18(23)3-4-20-21(23)6-9-24(2)22(20)7-10-25(24)11-14-28-33(31,32-25)29(15-12-26)16-13-27/h3,19-22,30H,4-17H2,1-2H3,(H,28,31). The van der Waals surface area contributed by atoms with Gasteiger partial charge in [0.2, 0.25) is 0 Å². The second-order valence-corrected chi connectivity index (χ2v) is 14.6. The largest absolute Gasteiger partial charge is 0.393 e.